The first kappa shape index (κ1) is 21.9. The van der Waals surface area contributed by atoms with Gasteiger partial charge in [0.2, 0.25) is 5.91 Å². The molecule has 34 heavy (non-hydrogen) atoms. The molecule has 0 aliphatic carbocycles. The molecule has 0 spiro atoms. The summed E-state index contributed by atoms with van der Waals surface area (Å²) < 4.78 is 2.17. The Kier molecular flexibility index (Phi) is 6.35. The molecule has 7 heteroatoms. The summed E-state index contributed by atoms with van der Waals surface area (Å²) in [5.41, 5.74) is 3.85. The Bertz CT molecular complexity index is 1260. The monoisotopic (exact) mass is 467 g/mol. The van der Waals surface area contributed by atoms with E-state index >= 15 is 0 Å². The van der Waals surface area contributed by atoms with E-state index in [0.29, 0.717) is 18.1 Å². The van der Waals surface area contributed by atoms with Crippen LogP contribution in [0.25, 0.3) is 5.69 Å². The molecule has 0 unspecified atom stereocenters. The number of nitrogens with zero attached hydrogens (tertiary/aromatic N) is 3. The van der Waals surface area contributed by atoms with Gasteiger partial charge < -0.3 is 20.1 Å². The van der Waals surface area contributed by atoms with Crippen molar-refractivity contribution < 1.29 is 4.79 Å². The van der Waals surface area contributed by atoms with Crippen molar-refractivity contribution in [2.45, 2.75) is 18.5 Å². The molecule has 4 aromatic rings. The highest BCUT2D eigenvalue weighted by Crippen LogP contribution is 2.39. The van der Waals surface area contributed by atoms with Crippen LogP contribution in [0.15, 0.2) is 103 Å². The van der Waals surface area contributed by atoms with Crippen molar-refractivity contribution in [1.29, 1.82) is 0 Å². The number of benzene rings is 2. The third-order valence-electron chi connectivity index (χ3n) is 5.95. The highest BCUT2D eigenvalue weighted by atomic mass is 32.1. The molecule has 2 atom stereocenters. The molecular weight excluding hydrogens is 442 g/mol. The molecule has 0 bridgehead atoms. The van der Waals surface area contributed by atoms with Crippen LogP contribution in [0.5, 0.6) is 0 Å². The minimum absolute atomic E-state index is 0.0486. The Morgan fingerprint density at radius 3 is 2.41 bits per heavy atom. The van der Waals surface area contributed by atoms with E-state index in [4.69, 9.17) is 12.2 Å². The maximum atomic E-state index is 12.7. The molecular formula is C27H25N5OS. The molecule has 1 aliphatic heterocycles. The molecule has 2 N–H and O–H groups in total. The molecule has 6 nitrogen and oxygen atoms in total. The van der Waals surface area contributed by atoms with Gasteiger partial charge in [0.05, 0.1) is 17.8 Å². The lowest BCUT2D eigenvalue weighted by Gasteiger charge is -2.28. The van der Waals surface area contributed by atoms with Crippen molar-refractivity contribution in [2.24, 2.45) is 0 Å². The van der Waals surface area contributed by atoms with E-state index in [1.54, 1.807) is 6.20 Å². The van der Waals surface area contributed by atoms with Crippen molar-refractivity contribution in [2.75, 3.05) is 11.9 Å². The predicted molar refractivity (Wildman–Crippen MR) is 138 cm³/mol. The molecule has 1 saturated heterocycles. The van der Waals surface area contributed by atoms with E-state index in [9.17, 15) is 4.79 Å². The number of hydrogen-bond acceptors (Lipinski definition) is 3. The fourth-order valence-electron chi connectivity index (χ4n) is 4.39. The van der Waals surface area contributed by atoms with E-state index in [1.165, 1.54) is 0 Å². The molecule has 0 radical (unpaired) electrons. The standard InChI is InChI=1S/C27H25N5OS/c33-24(29-20-10-3-1-4-11-20)16-19-32-26(25(30-27(32)34)22-14-7-8-17-28-22)23-15-9-18-31(23)21-12-5-2-6-13-21/h1-15,17-18,25-26H,16,19H2,(H,29,33)(H,30,34)/t25-,26-/m1/s1. The van der Waals surface area contributed by atoms with Gasteiger partial charge >= 0.3 is 0 Å². The molecule has 1 fully saturated rings. The lowest BCUT2D eigenvalue weighted by molar-refractivity contribution is -0.116. The highest BCUT2D eigenvalue weighted by molar-refractivity contribution is 7.80. The van der Waals surface area contributed by atoms with Crippen LogP contribution in [0, 0.1) is 0 Å². The van der Waals surface area contributed by atoms with Crippen LogP contribution < -0.4 is 10.6 Å². The van der Waals surface area contributed by atoms with Gasteiger partial charge in [-0.25, -0.2) is 0 Å². The summed E-state index contributed by atoms with van der Waals surface area (Å²) >= 11 is 5.76. The third-order valence-corrected chi connectivity index (χ3v) is 6.31. The number of nitrogens with one attached hydrogen (secondary N) is 2. The summed E-state index contributed by atoms with van der Waals surface area (Å²) in [7, 11) is 0. The Labute approximate surface area is 204 Å². The summed E-state index contributed by atoms with van der Waals surface area (Å²) in [5, 5.41) is 7.04. The van der Waals surface area contributed by atoms with E-state index < -0.39 is 0 Å². The van der Waals surface area contributed by atoms with Crippen LogP contribution in [0.2, 0.25) is 0 Å². The lowest BCUT2D eigenvalue weighted by atomic mass is 10.0. The van der Waals surface area contributed by atoms with Gasteiger partial charge in [-0.3, -0.25) is 9.78 Å². The third kappa shape index (κ3) is 4.56. The van der Waals surface area contributed by atoms with Crippen LogP contribution in [0.3, 0.4) is 0 Å². The maximum Gasteiger partial charge on any atom is 0.226 e. The summed E-state index contributed by atoms with van der Waals surface area (Å²) in [5.74, 6) is -0.0486. The number of carbonyl (C=O) groups is 1. The average Bonchev–Trinajstić information content (AvgIpc) is 3.48. The second-order valence-corrected chi connectivity index (χ2v) is 8.51. The van der Waals surface area contributed by atoms with Crippen LogP contribution in [0.1, 0.15) is 29.9 Å². The van der Waals surface area contributed by atoms with Crippen LogP contribution in [0.4, 0.5) is 5.69 Å². The normalized spacial score (nSPS) is 17.4. The minimum Gasteiger partial charge on any atom is -0.352 e. The largest absolute Gasteiger partial charge is 0.352 e. The Morgan fingerprint density at radius 1 is 0.941 bits per heavy atom. The maximum absolute atomic E-state index is 12.7. The molecule has 0 saturated carbocycles. The summed E-state index contributed by atoms with van der Waals surface area (Å²) in [6, 6.07) is 29.5. The summed E-state index contributed by atoms with van der Waals surface area (Å²) in [6.45, 7) is 0.485. The zero-order chi connectivity index (χ0) is 23.3. The first-order valence-corrected chi connectivity index (χ1v) is 11.7. The van der Waals surface area contributed by atoms with Gasteiger partial charge in [-0.15, -0.1) is 0 Å². The molecule has 5 rings (SSSR count). The lowest BCUT2D eigenvalue weighted by Crippen LogP contribution is -2.33. The summed E-state index contributed by atoms with van der Waals surface area (Å²) in [6.07, 6.45) is 4.17. The number of carbonyl (C=O) groups excluding carboxylic acids is 1. The van der Waals surface area contributed by atoms with E-state index in [1.807, 2.05) is 72.8 Å². The predicted octanol–water partition coefficient (Wildman–Crippen LogP) is 4.87. The molecule has 2 aromatic carbocycles. The second-order valence-electron chi connectivity index (χ2n) is 8.12. The van der Waals surface area contributed by atoms with Crippen molar-refractivity contribution in [1.82, 2.24) is 19.8 Å². The number of para-hydroxylation sites is 2. The van der Waals surface area contributed by atoms with Crippen LogP contribution in [-0.2, 0) is 4.79 Å². The molecule has 2 aromatic heterocycles. The van der Waals surface area contributed by atoms with E-state index in [0.717, 1.165) is 22.8 Å². The van der Waals surface area contributed by atoms with Gasteiger partial charge in [0, 0.05) is 42.4 Å². The zero-order valence-corrected chi connectivity index (χ0v) is 19.4. The van der Waals surface area contributed by atoms with Crippen molar-refractivity contribution in [3.05, 3.63) is 115 Å². The number of pyridine rings is 1. The minimum atomic E-state index is -0.136. The van der Waals surface area contributed by atoms with Gasteiger partial charge in [-0.1, -0.05) is 42.5 Å². The Hall–Kier alpha value is -3.97. The van der Waals surface area contributed by atoms with Gasteiger partial charge in [0.25, 0.3) is 0 Å². The summed E-state index contributed by atoms with van der Waals surface area (Å²) in [4.78, 5) is 19.4. The van der Waals surface area contributed by atoms with Crippen molar-refractivity contribution >= 4 is 28.9 Å². The molecule has 1 aliphatic rings. The highest BCUT2D eigenvalue weighted by Gasteiger charge is 2.41. The molecule has 1 amide bonds. The molecule has 170 valence electrons. The van der Waals surface area contributed by atoms with E-state index in [-0.39, 0.29) is 18.0 Å². The number of amides is 1. The Balaban J connectivity index is 1.44. The SMILES string of the molecule is O=C(CCN1C(=S)N[C@H](c2ccccn2)[C@H]1c1cccn1-c1ccccc1)Nc1ccccc1. The van der Waals surface area contributed by atoms with Gasteiger partial charge in [-0.05, 0) is 60.7 Å². The topological polar surface area (TPSA) is 62.2 Å². The van der Waals surface area contributed by atoms with Crippen molar-refractivity contribution in [3.63, 3.8) is 0 Å². The second kappa shape index (κ2) is 9.89. The number of anilines is 1. The average molecular weight is 468 g/mol. The fourth-order valence-corrected chi connectivity index (χ4v) is 4.73. The number of rotatable bonds is 7. The number of hydrogen-bond donors (Lipinski definition) is 2. The van der Waals surface area contributed by atoms with Gasteiger partial charge in [0.1, 0.15) is 0 Å². The number of thiocarbonyl (C=S) groups is 1. The smallest absolute Gasteiger partial charge is 0.226 e. The Morgan fingerprint density at radius 2 is 1.68 bits per heavy atom. The van der Waals surface area contributed by atoms with Crippen LogP contribution >= 0.6 is 12.2 Å². The van der Waals surface area contributed by atoms with Gasteiger partial charge in [-0.2, -0.15) is 0 Å². The first-order valence-electron chi connectivity index (χ1n) is 11.3. The first-order chi connectivity index (χ1) is 16.7. The quantitative estimate of drug-likeness (QED) is 0.380. The van der Waals surface area contributed by atoms with Crippen molar-refractivity contribution in [3.8, 4) is 5.69 Å². The van der Waals surface area contributed by atoms with Crippen LogP contribution in [-0.4, -0.2) is 32.0 Å². The number of aromatic nitrogens is 2. The zero-order valence-electron chi connectivity index (χ0n) is 18.5. The molecule has 3 heterocycles. The van der Waals surface area contributed by atoms with Gasteiger partial charge in [0.15, 0.2) is 5.11 Å². The fraction of sp³-hybridized carbons (Fsp3) is 0.148. The van der Waals surface area contributed by atoms with E-state index in [2.05, 4.69) is 49.5 Å².